The summed E-state index contributed by atoms with van der Waals surface area (Å²) in [5.74, 6) is 0.451. The maximum Gasteiger partial charge on any atom is 0.338 e. The van der Waals surface area contributed by atoms with Crippen LogP contribution in [-0.4, -0.2) is 29.9 Å². The van der Waals surface area contributed by atoms with Gasteiger partial charge < -0.3 is 18.9 Å². The minimum absolute atomic E-state index is 0.100. The highest BCUT2D eigenvalue weighted by Crippen LogP contribution is 2.38. The van der Waals surface area contributed by atoms with E-state index in [9.17, 15) is 14.4 Å². The topological polar surface area (TPSA) is 105 Å². The van der Waals surface area contributed by atoms with Crippen molar-refractivity contribution in [3.8, 4) is 17.2 Å². The van der Waals surface area contributed by atoms with Crippen LogP contribution in [0, 0.1) is 0 Å². The molecule has 2 aliphatic rings. The number of hydrogen-bond donors (Lipinski definition) is 0. The Morgan fingerprint density at radius 1 is 1.19 bits per heavy atom. The maximum atomic E-state index is 13.7. The van der Waals surface area contributed by atoms with E-state index in [1.807, 2.05) is 0 Å². The molecule has 184 valence electrons. The third kappa shape index (κ3) is 4.20. The molecule has 2 aliphatic heterocycles. The van der Waals surface area contributed by atoms with Crippen LogP contribution in [0.2, 0.25) is 0 Å². The van der Waals surface area contributed by atoms with E-state index < -0.39 is 18.0 Å². The van der Waals surface area contributed by atoms with E-state index in [-0.39, 0.29) is 24.5 Å². The van der Waals surface area contributed by atoms with Crippen LogP contribution in [0.25, 0.3) is 6.08 Å². The summed E-state index contributed by atoms with van der Waals surface area (Å²) in [7, 11) is 0. The number of para-hydroxylation sites is 1. The number of nitrogens with zero attached hydrogens (tertiary/aromatic N) is 2. The SMILES string of the molecule is CCOC(=O)C1=C(C)N=c2s/c(=C\c3ccccc3OC(C)=O)c(=O)n2[C@H]1c1ccc2c(c1)OCO2. The molecule has 1 aromatic heterocycles. The zero-order valence-electron chi connectivity index (χ0n) is 19.8. The van der Waals surface area contributed by atoms with Gasteiger partial charge in [-0.25, -0.2) is 9.79 Å². The summed E-state index contributed by atoms with van der Waals surface area (Å²) in [4.78, 5) is 43.3. The number of fused-ring (bicyclic) bond motifs is 2. The highest BCUT2D eigenvalue weighted by molar-refractivity contribution is 7.07. The van der Waals surface area contributed by atoms with Gasteiger partial charge in [-0.15, -0.1) is 0 Å². The summed E-state index contributed by atoms with van der Waals surface area (Å²) >= 11 is 1.18. The van der Waals surface area contributed by atoms with Gasteiger partial charge in [0.1, 0.15) is 5.75 Å². The molecule has 0 fully saturated rings. The van der Waals surface area contributed by atoms with Crippen LogP contribution in [0.3, 0.4) is 0 Å². The first-order valence-electron chi connectivity index (χ1n) is 11.2. The number of carbonyl (C=O) groups is 2. The fourth-order valence-electron chi connectivity index (χ4n) is 4.18. The standard InChI is InChI=1S/C26H22N2O7S/c1-4-32-25(31)22-14(2)27-26-28(23(22)17-9-10-19-20(11-17)34-13-33-19)24(30)21(36-26)12-16-7-5-6-8-18(16)35-15(3)29/h5-12,23H,4,13H2,1-3H3/b21-12-/t23-/m0/s1. The van der Waals surface area contributed by atoms with Crippen molar-refractivity contribution >= 4 is 29.4 Å². The highest BCUT2D eigenvalue weighted by atomic mass is 32.1. The second-order valence-corrected chi connectivity index (χ2v) is 9.06. The Bertz CT molecular complexity index is 1600. The molecule has 0 N–H and O–H groups in total. The Morgan fingerprint density at radius 3 is 2.75 bits per heavy atom. The molecule has 0 aliphatic carbocycles. The molecule has 0 amide bonds. The van der Waals surface area contributed by atoms with E-state index >= 15 is 0 Å². The lowest BCUT2D eigenvalue weighted by Crippen LogP contribution is -2.39. The quantitative estimate of drug-likeness (QED) is 0.387. The van der Waals surface area contributed by atoms with E-state index in [1.54, 1.807) is 62.4 Å². The fourth-order valence-corrected chi connectivity index (χ4v) is 5.22. The number of aromatic nitrogens is 1. The van der Waals surface area contributed by atoms with Crippen LogP contribution < -0.4 is 29.1 Å². The van der Waals surface area contributed by atoms with Crippen LogP contribution in [0.1, 0.15) is 37.9 Å². The molecule has 36 heavy (non-hydrogen) atoms. The molecule has 0 saturated carbocycles. The summed E-state index contributed by atoms with van der Waals surface area (Å²) in [6, 6.07) is 11.5. The van der Waals surface area contributed by atoms with Crippen molar-refractivity contribution in [3.05, 3.63) is 84.5 Å². The molecule has 0 saturated heterocycles. The van der Waals surface area contributed by atoms with Crippen molar-refractivity contribution in [2.75, 3.05) is 13.4 Å². The third-order valence-electron chi connectivity index (χ3n) is 5.69. The predicted molar refractivity (Wildman–Crippen MR) is 131 cm³/mol. The van der Waals surface area contributed by atoms with Gasteiger partial charge >= 0.3 is 11.9 Å². The molecule has 3 heterocycles. The first-order chi connectivity index (χ1) is 17.4. The van der Waals surface area contributed by atoms with E-state index in [0.717, 1.165) is 0 Å². The van der Waals surface area contributed by atoms with Crippen molar-refractivity contribution in [2.24, 2.45) is 4.99 Å². The molecule has 0 unspecified atom stereocenters. The fraction of sp³-hybridized carbons (Fsp3) is 0.231. The number of carbonyl (C=O) groups excluding carboxylic acids is 2. The van der Waals surface area contributed by atoms with Gasteiger partial charge in [-0.1, -0.05) is 35.6 Å². The Morgan fingerprint density at radius 2 is 1.97 bits per heavy atom. The van der Waals surface area contributed by atoms with Crippen molar-refractivity contribution in [3.63, 3.8) is 0 Å². The first kappa shape index (κ1) is 23.6. The predicted octanol–water partition coefficient (Wildman–Crippen LogP) is 2.45. The summed E-state index contributed by atoms with van der Waals surface area (Å²) in [6.45, 7) is 5.04. The van der Waals surface area contributed by atoms with Crippen molar-refractivity contribution < 1.29 is 28.5 Å². The molecular formula is C26H22N2O7S. The van der Waals surface area contributed by atoms with Crippen molar-refractivity contribution in [1.82, 2.24) is 4.57 Å². The van der Waals surface area contributed by atoms with E-state index in [2.05, 4.69) is 4.99 Å². The average Bonchev–Trinajstić information content (AvgIpc) is 3.43. The largest absolute Gasteiger partial charge is 0.463 e. The number of rotatable bonds is 5. The highest BCUT2D eigenvalue weighted by Gasteiger charge is 2.34. The van der Waals surface area contributed by atoms with Gasteiger partial charge in [0.15, 0.2) is 16.3 Å². The van der Waals surface area contributed by atoms with Crippen LogP contribution >= 0.6 is 11.3 Å². The van der Waals surface area contributed by atoms with Crippen molar-refractivity contribution in [1.29, 1.82) is 0 Å². The Hall–Kier alpha value is -4.18. The zero-order valence-corrected chi connectivity index (χ0v) is 20.6. The molecule has 1 atom stereocenters. The molecule has 3 aromatic rings. The third-order valence-corrected chi connectivity index (χ3v) is 6.67. The number of allylic oxidation sites excluding steroid dienone is 1. The maximum absolute atomic E-state index is 13.7. The summed E-state index contributed by atoms with van der Waals surface area (Å²) in [5.41, 5.74) is 1.62. The zero-order chi connectivity index (χ0) is 25.4. The summed E-state index contributed by atoms with van der Waals surface area (Å²) in [5, 5.41) is 0. The van der Waals surface area contributed by atoms with E-state index in [1.165, 1.54) is 22.8 Å². The Balaban J connectivity index is 1.71. The summed E-state index contributed by atoms with van der Waals surface area (Å²) in [6.07, 6.45) is 1.65. The van der Waals surface area contributed by atoms with Crippen LogP contribution in [0.5, 0.6) is 17.2 Å². The van der Waals surface area contributed by atoms with Crippen LogP contribution in [0.15, 0.2) is 63.5 Å². The number of thiazole rings is 1. The molecule has 0 radical (unpaired) electrons. The van der Waals surface area contributed by atoms with Gasteiger partial charge in [0.25, 0.3) is 5.56 Å². The normalized spacial score (nSPS) is 16.4. The minimum atomic E-state index is -0.777. The lowest BCUT2D eigenvalue weighted by Gasteiger charge is -2.24. The van der Waals surface area contributed by atoms with Gasteiger partial charge in [0.05, 0.1) is 28.5 Å². The number of ether oxygens (including phenoxy) is 4. The molecule has 0 bridgehead atoms. The monoisotopic (exact) mass is 506 g/mol. The second-order valence-electron chi connectivity index (χ2n) is 8.05. The molecular weight excluding hydrogens is 484 g/mol. The smallest absolute Gasteiger partial charge is 0.338 e. The Labute approximate surface area is 209 Å². The average molecular weight is 507 g/mol. The van der Waals surface area contributed by atoms with Gasteiger partial charge in [0.2, 0.25) is 6.79 Å². The first-order valence-corrected chi connectivity index (χ1v) is 12.1. The molecule has 9 nitrogen and oxygen atoms in total. The molecule has 2 aromatic carbocycles. The van der Waals surface area contributed by atoms with Crippen LogP contribution in [-0.2, 0) is 14.3 Å². The van der Waals surface area contributed by atoms with E-state index in [4.69, 9.17) is 18.9 Å². The van der Waals surface area contributed by atoms with E-state index in [0.29, 0.717) is 43.4 Å². The van der Waals surface area contributed by atoms with Gasteiger partial charge in [-0.2, -0.15) is 0 Å². The van der Waals surface area contributed by atoms with Gasteiger partial charge in [-0.05, 0) is 43.7 Å². The molecule has 0 spiro atoms. The number of esters is 2. The number of benzene rings is 2. The van der Waals surface area contributed by atoms with Crippen molar-refractivity contribution in [2.45, 2.75) is 26.8 Å². The van der Waals surface area contributed by atoms with Gasteiger partial charge in [-0.3, -0.25) is 14.2 Å². The number of hydrogen-bond acceptors (Lipinski definition) is 9. The second kappa shape index (κ2) is 9.46. The molecule has 5 rings (SSSR count). The van der Waals surface area contributed by atoms with Gasteiger partial charge in [0, 0.05) is 12.5 Å². The Kier molecular flexibility index (Phi) is 6.19. The summed E-state index contributed by atoms with van der Waals surface area (Å²) < 4.78 is 23.4. The minimum Gasteiger partial charge on any atom is -0.463 e. The molecule has 10 heteroatoms. The lowest BCUT2D eigenvalue weighted by atomic mass is 9.95. The lowest BCUT2D eigenvalue weighted by molar-refractivity contribution is -0.139. The van der Waals surface area contributed by atoms with Crippen LogP contribution in [0.4, 0.5) is 0 Å².